The van der Waals surface area contributed by atoms with Gasteiger partial charge in [-0.3, -0.25) is 4.79 Å². The third-order valence-corrected chi connectivity index (χ3v) is 3.91. The van der Waals surface area contributed by atoms with Gasteiger partial charge in [0.2, 0.25) is 0 Å². The minimum absolute atomic E-state index is 0.122. The van der Waals surface area contributed by atoms with E-state index >= 15 is 0 Å². The van der Waals surface area contributed by atoms with Gasteiger partial charge in [0.15, 0.2) is 0 Å². The smallest absolute Gasteiger partial charge is 0.255 e. The Bertz CT molecular complexity index is 715. The van der Waals surface area contributed by atoms with Gasteiger partial charge in [-0.25, -0.2) is 0 Å². The monoisotopic (exact) mass is 325 g/mol. The molecule has 3 rings (SSSR count). The van der Waals surface area contributed by atoms with E-state index in [0.29, 0.717) is 12.2 Å². The Morgan fingerprint density at radius 2 is 1.92 bits per heavy atom. The van der Waals surface area contributed by atoms with Crippen LogP contribution in [0.15, 0.2) is 48.5 Å². The van der Waals surface area contributed by atoms with Crippen LogP contribution in [-0.2, 0) is 10.2 Å². The Morgan fingerprint density at radius 3 is 2.54 bits per heavy atom. The molecule has 1 atom stereocenters. The van der Waals surface area contributed by atoms with E-state index in [4.69, 9.17) is 9.47 Å². The average Bonchev–Trinajstić information content (AvgIpc) is 3.37. The molecule has 4 nitrogen and oxygen atoms in total. The highest BCUT2D eigenvalue weighted by Gasteiger charge is 2.26. The molecule has 0 radical (unpaired) electrons. The molecule has 2 aromatic carbocycles. The topological polar surface area (TPSA) is 50.9 Å². The first-order valence-electron chi connectivity index (χ1n) is 8.19. The quantitative estimate of drug-likeness (QED) is 0.845. The number of carbonyl (C=O) groups excluding carboxylic acids is 1. The molecule has 1 N–H and O–H groups in total. The predicted octanol–water partition coefficient (Wildman–Crippen LogP) is 4.01. The van der Waals surface area contributed by atoms with Gasteiger partial charge in [-0.15, -0.1) is 0 Å². The molecule has 4 heteroatoms. The largest absolute Gasteiger partial charge is 0.490 e. The number of anilines is 1. The molecule has 1 aliphatic heterocycles. The summed E-state index contributed by atoms with van der Waals surface area (Å²) in [6, 6.07) is 15.1. The van der Waals surface area contributed by atoms with Gasteiger partial charge < -0.3 is 14.8 Å². The first-order chi connectivity index (χ1) is 11.4. The van der Waals surface area contributed by atoms with Crippen molar-refractivity contribution in [1.82, 2.24) is 0 Å². The Kier molecular flexibility index (Phi) is 4.58. The van der Waals surface area contributed by atoms with Crippen molar-refractivity contribution < 1.29 is 14.3 Å². The van der Waals surface area contributed by atoms with E-state index in [1.54, 1.807) is 6.07 Å². The number of benzene rings is 2. The third-order valence-electron chi connectivity index (χ3n) is 3.91. The van der Waals surface area contributed by atoms with E-state index in [2.05, 4.69) is 26.1 Å². The van der Waals surface area contributed by atoms with Crippen molar-refractivity contribution in [1.29, 1.82) is 0 Å². The van der Waals surface area contributed by atoms with Crippen LogP contribution in [0.1, 0.15) is 36.7 Å². The van der Waals surface area contributed by atoms with Crippen LogP contribution in [0.3, 0.4) is 0 Å². The number of hydrogen-bond donors (Lipinski definition) is 1. The summed E-state index contributed by atoms with van der Waals surface area (Å²) in [5.74, 6) is 0.693. The molecule has 1 unspecified atom stereocenters. The Hall–Kier alpha value is -2.33. The van der Waals surface area contributed by atoms with Gasteiger partial charge in [-0.05, 0) is 35.7 Å². The molecule has 1 amide bonds. The maximum Gasteiger partial charge on any atom is 0.255 e. The zero-order valence-corrected chi connectivity index (χ0v) is 14.3. The highest BCUT2D eigenvalue weighted by molar-refractivity contribution is 6.04. The van der Waals surface area contributed by atoms with Gasteiger partial charge in [0.05, 0.1) is 6.61 Å². The van der Waals surface area contributed by atoms with Gasteiger partial charge in [-0.1, -0.05) is 39.0 Å². The molecule has 0 saturated carbocycles. The molecule has 1 heterocycles. The fraction of sp³-hybridized carbons (Fsp3) is 0.350. The molecule has 1 saturated heterocycles. The second-order valence-electron chi connectivity index (χ2n) is 7.05. The van der Waals surface area contributed by atoms with E-state index < -0.39 is 0 Å². The molecular weight excluding hydrogens is 302 g/mol. The molecule has 1 fully saturated rings. The second kappa shape index (κ2) is 6.65. The van der Waals surface area contributed by atoms with Gasteiger partial charge in [0.25, 0.3) is 5.91 Å². The van der Waals surface area contributed by atoms with Gasteiger partial charge in [-0.2, -0.15) is 0 Å². The second-order valence-corrected chi connectivity index (χ2v) is 7.05. The van der Waals surface area contributed by atoms with Crippen LogP contribution in [0, 0.1) is 0 Å². The molecule has 126 valence electrons. The van der Waals surface area contributed by atoms with Crippen molar-refractivity contribution in [2.75, 3.05) is 18.5 Å². The lowest BCUT2D eigenvalue weighted by Crippen LogP contribution is -2.18. The molecule has 1 aliphatic rings. The summed E-state index contributed by atoms with van der Waals surface area (Å²) >= 11 is 0. The molecule has 0 bridgehead atoms. The van der Waals surface area contributed by atoms with Crippen LogP contribution in [0.25, 0.3) is 0 Å². The number of carbonyl (C=O) groups is 1. The molecule has 0 spiro atoms. The normalized spacial score (nSPS) is 16.5. The van der Waals surface area contributed by atoms with Crippen molar-refractivity contribution in [3.8, 4) is 5.75 Å². The molecule has 0 aliphatic carbocycles. The predicted molar refractivity (Wildman–Crippen MR) is 94.8 cm³/mol. The van der Waals surface area contributed by atoms with Crippen molar-refractivity contribution in [2.45, 2.75) is 32.3 Å². The van der Waals surface area contributed by atoms with Crippen LogP contribution in [0.5, 0.6) is 5.75 Å². The van der Waals surface area contributed by atoms with Crippen LogP contribution in [-0.4, -0.2) is 25.2 Å². The van der Waals surface area contributed by atoms with E-state index in [0.717, 1.165) is 23.6 Å². The first-order valence-corrected chi connectivity index (χ1v) is 8.19. The maximum atomic E-state index is 12.5. The highest BCUT2D eigenvalue weighted by atomic mass is 16.6. The van der Waals surface area contributed by atoms with E-state index in [9.17, 15) is 4.79 Å². The lowest BCUT2D eigenvalue weighted by atomic mass is 9.85. The van der Waals surface area contributed by atoms with Crippen LogP contribution < -0.4 is 10.1 Å². The van der Waals surface area contributed by atoms with E-state index in [-0.39, 0.29) is 17.4 Å². The minimum Gasteiger partial charge on any atom is -0.490 e. The molecule has 24 heavy (non-hydrogen) atoms. The number of ether oxygens (including phenoxy) is 2. The van der Waals surface area contributed by atoms with Crippen molar-refractivity contribution in [2.24, 2.45) is 0 Å². The van der Waals surface area contributed by atoms with E-state index in [1.165, 1.54) is 0 Å². The SMILES string of the molecule is CC(C)(C)c1cc(C(=O)Nc2ccccc2)ccc1OCC1CO1. The summed E-state index contributed by atoms with van der Waals surface area (Å²) in [7, 11) is 0. The van der Waals surface area contributed by atoms with E-state index in [1.807, 2.05) is 42.5 Å². The summed E-state index contributed by atoms with van der Waals surface area (Å²) in [6.07, 6.45) is 0.207. The van der Waals surface area contributed by atoms with Crippen molar-refractivity contribution >= 4 is 11.6 Å². The average molecular weight is 325 g/mol. The number of rotatable bonds is 5. The first kappa shape index (κ1) is 16.5. The number of para-hydroxylation sites is 1. The van der Waals surface area contributed by atoms with Crippen molar-refractivity contribution in [3.63, 3.8) is 0 Å². The fourth-order valence-electron chi connectivity index (χ4n) is 2.45. The molecule has 2 aromatic rings. The lowest BCUT2D eigenvalue weighted by Gasteiger charge is -2.23. The van der Waals surface area contributed by atoms with Crippen LogP contribution in [0.4, 0.5) is 5.69 Å². The van der Waals surface area contributed by atoms with Gasteiger partial charge in [0.1, 0.15) is 18.5 Å². The zero-order chi connectivity index (χ0) is 17.2. The maximum absolute atomic E-state index is 12.5. The fourth-order valence-corrected chi connectivity index (χ4v) is 2.45. The molecular formula is C20H23NO3. The number of hydrogen-bond acceptors (Lipinski definition) is 3. The Morgan fingerprint density at radius 1 is 1.21 bits per heavy atom. The summed E-state index contributed by atoms with van der Waals surface area (Å²) in [5.41, 5.74) is 2.30. The lowest BCUT2D eigenvalue weighted by molar-refractivity contribution is 0.102. The summed E-state index contributed by atoms with van der Waals surface area (Å²) in [6.45, 7) is 7.66. The summed E-state index contributed by atoms with van der Waals surface area (Å²) in [4.78, 5) is 12.5. The van der Waals surface area contributed by atoms with Gasteiger partial charge >= 0.3 is 0 Å². The van der Waals surface area contributed by atoms with Crippen LogP contribution in [0.2, 0.25) is 0 Å². The Balaban J connectivity index is 1.81. The third kappa shape index (κ3) is 4.15. The highest BCUT2D eigenvalue weighted by Crippen LogP contribution is 2.33. The number of nitrogens with one attached hydrogen (secondary N) is 1. The van der Waals surface area contributed by atoms with Crippen molar-refractivity contribution in [3.05, 3.63) is 59.7 Å². The Labute approximate surface area is 142 Å². The summed E-state index contributed by atoms with van der Waals surface area (Å²) < 4.78 is 11.1. The van der Waals surface area contributed by atoms with Gasteiger partial charge in [0, 0.05) is 16.8 Å². The zero-order valence-electron chi connectivity index (χ0n) is 14.3. The minimum atomic E-state index is -0.122. The van der Waals surface area contributed by atoms with Crippen LogP contribution >= 0.6 is 0 Å². The number of epoxide rings is 1. The number of amides is 1. The standard InChI is InChI=1S/C20H23NO3/c1-20(2,3)17-11-14(9-10-18(17)24-13-16-12-23-16)19(22)21-15-7-5-4-6-8-15/h4-11,16H,12-13H2,1-3H3,(H,21,22). The summed E-state index contributed by atoms with van der Waals surface area (Å²) in [5, 5.41) is 2.92. The molecule has 0 aromatic heterocycles.